The Kier molecular flexibility index (Phi) is 18.9. The van der Waals surface area contributed by atoms with Crippen LogP contribution in [0.1, 0.15) is 74.5 Å². The number of amides is 2. The Bertz CT molecular complexity index is 1980. The molecule has 25 nitrogen and oxygen atoms in total. The molecular weight excluding hydrogens is 867 g/mol. The third kappa shape index (κ3) is 15.2. The van der Waals surface area contributed by atoms with Crippen molar-refractivity contribution in [2.24, 2.45) is 0 Å². The van der Waals surface area contributed by atoms with E-state index in [1.165, 1.54) is 19.2 Å². The first-order valence-electron chi connectivity index (χ1n) is 19.3. The Morgan fingerprint density at radius 3 is 2.02 bits per heavy atom. The highest BCUT2D eigenvalue weighted by atomic mass is 31.2. The minimum absolute atomic E-state index is 0.102. The largest absolute Gasteiger partial charge is 0.462 e. The summed E-state index contributed by atoms with van der Waals surface area (Å²) in [4.78, 5) is 114. The standard InChI is InChI=1S/C37H53N4O21P/c1-18(43)38-29-10-12-41(36(51)40-29)35-34(60-25(8)50)32(59-24(7)49)28(61-35)16-55-63(52,53-9)13-11-37(17-42)14-26(56-21(4)46)30(39-19(2)44)33(62-37)31(58-23(6)48)27(57-22(5)47)15-54-20(3)45/h10,12,26-28,30-35,42H,11,13-17H2,1-9H3,(H,39,44)(H,38,40,43,51)/t26-,27+,28+,30+,31+,32+,33+,34+,35+,37-,63?/m0/s1. The Balaban J connectivity index is 2.02. The van der Waals surface area contributed by atoms with Gasteiger partial charge in [0.05, 0.1) is 31.0 Å². The molecule has 0 spiro atoms. The van der Waals surface area contributed by atoms with Gasteiger partial charge >= 0.3 is 49.1 Å². The van der Waals surface area contributed by atoms with E-state index < -0.39 is 160 Å². The minimum atomic E-state index is -4.35. The van der Waals surface area contributed by atoms with Gasteiger partial charge in [0, 0.05) is 75.1 Å². The second-order valence-electron chi connectivity index (χ2n) is 14.5. The fourth-order valence-electron chi connectivity index (χ4n) is 6.93. The number of anilines is 1. The maximum atomic E-state index is 14.3. The number of hydrogen-bond donors (Lipinski definition) is 3. The summed E-state index contributed by atoms with van der Waals surface area (Å²) in [5.41, 5.74) is -2.85. The van der Waals surface area contributed by atoms with E-state index in [9.17, 15) is 52.8 Å². The van der Waals surface area contributed by atoms with Gasteiger partial charge in [-0.2, -0.15) is 4.98 Å². The van der Waals surface area contributed by atoms with Gasteiger partial charge in [-0.25, -0.2) is 4.79 Å². The smallest absolute Gasteiger partial charge is 0.351 e. The average molecular weight is 921 g/mol. The lowest BCUT2D eigenvalue weighted by Gasteiger charge is -2.50. The molecule has 3 rings (SSSR count). The van der Waals surface area contributed by atoms with Gasteiger partial charge in [-0.15, -0.1) is 0 Å². The fraction of sp³-hybridized carbons (Fsp3) is 0.676. The zero-order chi connectivity index (χ0) is 47.4. The molecule has 0 bridgehead atoms. The van der Waals surface area contributed by atoms with Gasteiger partial charge in [0.1, 0.15) is 30.7 Å². The van der Waals surface area contributed by atoms with Crippen molar-refractivity contribution in [3.05, 3.63) is 22.7 Å². The Morgan fingerprint density at radius 2 is 1.51 bits per heavy atom. The molecule has 0 saturated carbocycles. The van der Waals surface area contributed by atoms with Crippen LogP contribution in [-0.4, -0.2) is 150 Å². The normalized spacial score (nSPS) is 26.1. The van der Waals surface area contributed by atoms with Crippen LogP contribution in [0.4, 0.5) is 5.82 Å². The highest BCUT2D eigenvalue weighted by molar-refractivity contribution is 7.53. The maximum Gasteiger partial charge on any atom is 0.351 e. The molecular formula is C37H53N4O21P. The molecule has 3 N–H and O–H groups in total. The zero-order valence-corrected chi connectivity index (χ0v) is 36.9. The molecule has 352 valence electrons. The summed E-state index contributed by atoms with van der Waals surface area (Å²) in [6.07, 6.45) is -12.4. The van der Waals surface area contributed by atoms with Crippen molar-refractivity contribution >= 4 is 61.0 Å². The van der Waals surface area contributed by atoms with Crippen molar-refractivity contribution in [1.82, 2.24) is 14.9 Å². The van der Waals surface area contributed by atoms with Crippen molar-refractivity contribution in [3.63, 3.8) is 0 Å². The van der Waals surface area contributed by atoms with Crippen molar-refractivity contribution in [2.75, 3.05) is 38.4 Å². The molecule has 1 unspecified atom stereocenters. The van der Waals surface area contributed by atoms with Crippen LogP contribution in [0.2, 0.25) is 0 Å². The van der Waals surface area contributed by atoms with Crippen LogP contribution in [-0.2, 0) is 89.9 Å². The van der Waals surface area contributed by atoms with Gasteiger partial charge in [-0.1, -0.05) is 0 Å². The van der Waals surface area contributed by atoms with Crippen LogP contribution >= 0.6 is 7.60 Å². The number of hydrogen-bond acceptors (Lipinski definition) is 22. The molecule has 0 aliphatic carbocycles. The second kappa shape index (κ2) is 22.9. The van der Waals surface area contributed by atoms with Gasteiger partial charge in [0.15, 0.2) is 30.6 Å². The lowest BCUT2D eigenvalue weighted by molar-refractivity contribution is -0.245. The predicted octanol–water partition coefficient (Wildman–Crippen LogP) is -0.408. The number of rotatable bonds is 20. The second-order valence-corrected chi connectivity index (χ2v) is 16.8. The monoisotopic (exact) mass is 920 g/mol. The topological polar surface area (TPSA) is 325 Å². The third-order valence-electron chi connectivity index (χ3n) is 9.30. The highest BCUT2D eigenvalue weighted by Crippen LogP contribution is 2.51. The summed E-state index contributed by atoms with van der Waals surface area (Å²) in [5, 5.41) is 15.9. The summed E-state index contributed by atoms with van der Waals surface area (Å²) in [5.74, 6) is -6.53. The first-order chi connectivity index (χ1) is 29.4. The molecule has 1 aromatic rings. The molecule has 26 heteroatoms. The molecule has 2 fully saturated rings. The summed E-state index contributed by atoms with van der Waals surface area (Å²) >= 11 is 0. The van der Waals surface area contributed by atoms with Gasteiger partial charge in [0.25, 0.3) is 0 Å². The first kappa shape index (κ1) is 52.0. The molecule has 11 atom stereocenters. The number of aliphatic hydroxyl groups is 1. The van der Waals surface area contributed by atoms with Gasteiger partial charge in [-0.05, 0) is 12.5 Å². The van der Waals surface area contributed by atoms with E-state index in [1.54, 1.807) is 0 Å². The van der Waals surface area contributed by atoms with Gasteiger partial charge in [-0.3, -0.25) is 47.5 Å². The molecule has 2 aliphatic rings. The number of nitrogens with zero attached hydrogens (tertiary/aromatic N) is 2. The van der Waals surface area contributed by atoms with E-state index in [2.05, 4.69) is 15.6 Å². The summed E-state index contributed by atoms with van der Waals surface area (Å²) in [7, 11) is -3.31. The maximum absolute atomic E-state index is 14.3. The highest BCUT2D eigenvalue weighted by Gasteiger charge is 2.56. The lowest BCUT2D eigenvalue weighted by Crippen LogP contribution is -2.68. The minimum Gasteiger partial charge on any atom is -0.462 e. The van der Waals surface area contributed by atoms with E-state index in [1.807, 2.05) is 0 Å². The SMILES string of the molecule is COP(=O)(CC[C@@]1(CO)C[C@H](OC(C)=O)[C@@H](NC(C)=O)[C@H]([C@H](OC(C)=O)[C@@H](COC(C)=O)OC(C)=O)O1)OC[C@H]1O[C@@H](n2ccc(NC(C)=O)nc2=O)[C@H](OC(C)=O)[C@@H]1OC(C)=O. The average Bonchev–Trinajstić information content (AvgIpc) is 3.48. The van der Waals surface area contributed by atoms with E-state index >= 15 is 0 Å². The Labute approximate surface area is 360 Å². The molecule has 3 heterocycles. The fourth-order valence-corrected chi connectivity index (χ4v) is 8.40. The van der Waals surface area contributed by atoms with Crippen molar-refractivity contribution < 1.29 is 95.0 Å². The Hall–Kier alpha value is -5.33. The van der Waals surface area contributed by atoms with Crippen LogP contribution in [0.25, 0.3) is 0 Å². The number of aromatic nitrogens is 2. The molecule has 2 amide bonds. The molecule has 1 aromatic heterocycles. The van der Waals surface area contributed by atoms with Crippen LogP contribution in [0, 0.1) is 0 Å². The van der Waals surface area contributed by atoms with Crippen molar-refractivity contribution in [3.8, 4) is 0 Å². The summed E-state index contributed by atoms with van der Waals surface area (Å²) in [6.45, 7) is 6.29. The van der Waals surface area contributed by atoms with Crippen LogP contribution < -0.4 is 16.3 Å². The molecule has 0 radical (unpaired) electrons. The number of ether oxygens (including phenoxy) is 8. The predicted molar refractivity (Wildman–Crippen MR) is 208 cm³/mol. The quantitative estimate of drug-likeness (QED) is 0.0850. The lowest BCUT2D eigenvalue weighted by atomic mass is 9.82. The summed E-state index contributed by atoms with van der Waals surface area (Å²) in [6, 6.07) is -0.110. The molecule has 2 saturated heterocycles. The van der Waals surface area contributed by atoms with Crippen molar-refractivity contribution in [1.29, 1.82) is 0 Å². The van der Waals surface area contributed by atoms with Gasteiger partial charge < -0.3 is 62.7 Å². The van der Waals surface area contributed by atoms with Crippen LogP contribution in [0.15, 0.2) is 17.1 Å². The van der Waals surface area contributed by atoms with Gasteiger partial charge in [0.2, 0.25) is 11.8 Å². The van der Waals surface area contributed by atoms with Crippen molar-refractivity contribution in [2.45, 2.75) is 129 Å². The third-order valence-corrected chi connectivity index (χ3v) is 11.2. The van der Waals surface area contributed by atoms with Crippen LogP contribution in [0.3, 0.4) is 0 Å². The van der Waals surface area contributed by atoms with E-state index in [4.69, 9.17) is 46.9 Å². The number of carbonyl (C=O) groups is 8. The van der Waals surface area contributed by atoms with E-state index in [-0.39, 0.29) is 5.82 Å². The van der Waals surface area contributed by atoms with E-state index in [0.717, 1.165) is 60.1 Å². The molecule has 0 aromatic carbocycles. The summed E-state index contributed by atoms with van der Waals surface area (Å²) < 4.78 is 71.3. The van der Waals surface area contributed by atoms with E-state index in [0.29, 0.717) is 0 Å². The molecule has 2 aliphatic heterocycles. The van der Waals surface area contributed by atoms with Crippen LogP contribution in [0.5, 0.6) is 0 Å². The molecule has 63 heavy (non-hydrogen) atoms. The number of nitrogens with one attached hydrogen (secondary N) is 2. The Morgan fingerprint density at radius 1 is 0.889 bits per heavy atom. The number of carbonyl (C=O) groups excluding carboxylic acids is 8. The zero-order valence-electron chi connectivity index (χ0n) is 36.0. The number of esters is 6. The first-order valence-corrected chi connectivity index (χ1v) is 21.0. The number of aliphatic hydroxyl groups excluding tert-OH is 1.